The summed E-state index contributed by atoms with van der Waals surface area (Å²) >= 11 is 7.31. The van der Waals surface area contributed by atoms with Gasteiger partial charge in [-0.1, -0.05) is 11.6 Å². The third-order valence-corrected chi connectivity index (χ3v) is 2.89. The zero-order chi connectivity index (χ0) is 10.4. The lowest BCUT2D eigenvalue weighted by Crippen LogP contribution is -2.23. The maximum Gasteiger partial charge on any atom is 0.243 e. The minimum atomic E-state index is -0.101. The summed E-state index contributed by atoms with van der Waals surface area (Å²) in [5.41, 5.74) is 2.34. The smallest absolute Gasteiger partial charge is 0.243 e. The molecule has 0 fully saturated rings. The SMILES string of the molecule is CCONC(=O)CCc1cc(Cl)cs1. The molecule has 1 aromatic rings. The highest BCUT2D eigenvalue weighted by Gasteiger charge is 2.03. The van der Waals surface area contributed by atoms with Crippen molar-refractivity contribution < 1.29 is 9.63 Å². The number of hydroxylamine groups is 1. The van der Waals surface area contributed by atoms with Crippen LogP contribution in [0, 0.1) is 0 Å². The molecule has 1 rings (SSSR count). The Morgan fingerprint density at radius 2 is 2.50 bits per heavy atom. The van der Waals surface area contributed by atoms with Gasteiger partial charge in [0.1, 0.15) is 0 Å². The minimum Gasteiger partial charge on any atom is -0.274 e. The summed E-state index contributed by atoms with van der Waals surface area (Å²) in [5.74, 6) is -0.101. The van der Waals surface area contributed by atoms with Gasteiger partial charge in [-0.3, -0.25) is 9.63 Å². The highest BCUT2D eigenvalue weighted by molar-refractivity contribution is 7.10. The molecule has 3 nitrogen and oxygen atoms in total. The molecule has 14 heavy (non-hydrogen) atoms. The monoisotopic (exact) mass is 233 g/mol. The van der Waals surface area contributed by atoms with Crippen LogP contribution in [0.3, 0.4) is 0 Å². The Morgan fingerprint density at radius 3 is 3.07 bits per heavy atom. The standard InChI is InChI=1S/C9H12ClNO2S/c1-2-13-11-9(12)4-3-8-5-7(10)6-14-8/h5-6H,2-4H2,1H3,(H,11,12). The molecule has 0 aliphatic rings. The summed E-state index contributed by atoms with van der Waals surface area (Å²) in [5, 5.41) is 2.59. The van der Waals surface area contributed by atoms with Crippen molar-refractivity contribution in [3.05, 3.63) is 21.3 Å². The number of hydrogen-bond donors (Lipinski definition) is 1. The van der Waals surface area contributed by atoms with Crippen molar-refractivity contribution in [1.29, 1.82) is 0 Å². The Bertz CT molecular complexity index is 301. The van der Waals surface area contributed by atoms with Gasteiger partial charge >= 0.3 is 0 Å². The fraction of sp³-hybridized carbons (Fsp3) is 0.444. The molecule has 5 heteroatoms. The van der Waals surface area contributed by atoms with Crippen molar-refractivity contribution in [2.24, 2.45) is 0 Å². The number of carbonyl (C=O) groups excluding carboxylic acids is 1. The van der Waals surface area contributed by atoms with Gasteiger partial charge in [-0.05, 0) is 19.4 Å². The average molecular weight is 234 g/mol. The molecular weight excluding hydrogens is 222 g/mol. The van der Waals surface area contributed by atoms with Crippen LogP contribution < -0.4 is 5.48 Å². The lowest BCUT2D eigenvalue weighted by molar-refractivity contribution is -0.133. The van der Waals surface area contributed by atoms with Gasteiger partial charge < -0.3 is 0 Å². The number of nitrogens with one attached hydrogen (secondary N) is 1. The van der Waals surface area contributed by atoms with E-state index in [-0.39, 0.29) is 5.91 Å². The topological polar surface area (TPSA) is 38.3 Å². The molecule has 0 unspecified atom stereocenters. The van der Waals surface area contributed by atoms with Gasteiger partial charge in [0.2, 0.25) is 5.91 Å². The fourth-order valence-corrected chi connectivity index (χ4v) is 2.00. The highest BCUT2D eigenvalue weighted by atomic mass is 35.5. The molecule has 0 aliphatic heterocycles. The summed E-state index contributed by atoms with van der Waals surface area (Å²) in [6.07, 6.45) is 1.13. The van der Waals surface area contributed by atoms with Gasteiger partial charge in [0, 0.05) is 16.7 Å². The number of carbonyl (C=O) groups is 1. The first kappa shape index (κ1) is 11.5. The molecule has 1 heterocycles. The Morgan fingerprint density at radius 1 is 1.71 bits per heavy atom. The minimum absolute atomic E-state index is 0.101. The second-order valence-corrected chi connectivity index (χ2v) is 4.12. The third-order valence-electron chi connectivity index (χ3n) is 1.55. The molecule has 0 saturated heterocycles. The van der Waals surface area contributed by atoms with E-state index in [0.29, 0.717) is 19.4 Å². The van der Waals surface area contributed by atoms with Crippen molar-refractivity contribution in [1.82, 2.24) is 5.48 Å². The van der Waals surface area contributed by atoms with Crippen LogP contribution in [0.2, 0.25) is 5.02 Å². The second-order valence-electron chi connectivity index (χ2n) is 2.69. The first-order valence-corrected chi connectivity index (χ1v) is 5.61. The van der Waals surface area contributed by atoms with E-state index in [4.69, 9.17) is 16.4 Å². The first-order valence-electron chi connectivity index (χ1n) is 4.36. The van der Waals surface area contributed by atoms with E-state index in [1.54, 1.807) is 11.3 Å². The van der Waals surface area contributed by atoms with E-state index in [9.17, 15) is 4.79 Å². The molecule has 0 spiro atoms. The molecule has 1 N–H and O–H groups in total. The van der Waals surface area contributed by atoms with Gasteiger partial charge in [0.05, 0.1) is 11.6 Å². The van der Waals surface area contributed by atoms with Crippen molar-refractivity contribution in [3.63, 3.8) is 0 Å². The van der Waals surface area contributed by atoms with E-state index >= 15 is 0 Å². The van der Waals surface area contributed by atoms with E-state index < -0.39 is 0 Å². The van der Waals surface area contributed by atoms with Crippen LogP contribution in [0.4, 0.5) is 0 Å². The average Bonchev–Trinajstić information content (AvgIpc) is 2.58. The van der Waals surface area contributed by atoms with Crippen LogP contribution in [-0.2, 0) is 16.1 Å². The summed E-state index contributed by atoms with van der Waals surface area (Å²) in [6.45, 7) is 2.30. The lowest BCUT2D eigenvalue weighted by Gasteiger charge is -2.01. The maximum absolute atomic E-state index is 11.1. The van der Waals surface area contributed by atoms with Crippen LogP contribution in [0.1, 0.15) is 18.2 Å². The Kier molecular flexibility index (Phi) is 4.93. The van der Waals surface area contributed by atoms with Crippen LogP contribution in [0.25, 0.3) is 0 Å². The first-order chi connectivity index (χ1) is 6.72. The van der Waals surface area contributed by atoms with Crippen molar-refractivity contribution in [3.8, 4) is 0 Å². The summed E-state index contributed by atoms with van der Waals surface area (Å²) < 4.78 is 0. The van der Waals surface area contributed by atoms with Gasteiger partial charge in [0.25, 0.3) is 0 Å². The molecule has 1 amide bonds. The Balaban J connectivity index is 2.23. The zero-order valence-electron chi connectivity index (χ0n) is 7.88. The molecule has 0 radical (unpaired) electrons. The van der Waals surface area contributed by atoms with E-state index in [2.05, 4.69) is 5.48 Å². The van der Waals surface area contributed by atoms with E-state index in [1.807, 2.05) is 18.4 Å². The summed E-state index contributed by atoms with van der Waals surface area (Å²) in [7, 11) is 0. The number of hydrogen-bond acceptors (Lipinski definition) is 3. The Labute approximate surface area is 92.0 Å². The number of aryl methyl sites for hydroxylation is 1. The molecule has 0 aromatic carbocycles. The molecule has 0 aliphatic carbocycles. The zero-order valence-corrected chi connectivity index (χ0v) is 9.45. The number of rotatable bonds is 5. The van der Waals surface area contributed by atoms with Gasteiger partial charge in [-0.2, -0.15) is 0 Å². The molecule has 1 aromatic heterocycles. The van der Waals surface area contributed by atoms with E-state index in [1.165, 1.54) is 0 Å². The number of thiophene rings is 1. The van der Waals surface area contributed by atoms with Gasteiger partial charge in [-0.15, -0.1) is 11.3 Å². The van der Waals surface area contributed by atoms with Crippen LogP contribution in [0.5, 0.6) is 0 Å². The molecule has 0 atom stereocenters. The quantitative estimate of drug-likeness (QED) is 0.794. The summed E-state index contributed by atoms with van der Waals surface area (Å²) in [6, 6.07) is 1.88. The second kappa shape index (κ2) is 6.01. The highest BCUT2D eigenvalue weighted by Crippen LogP contribution is 2.20. The van der Waals surface area contributed by atoms with Crippen molar-refractivity contribution in [2.75, 3.05) is 6.61 Å². The van der Waals surface area contributed by atoms with Crippen LogP contribution in [-0.4, -0.2) is 12.5 Å². The molecule has 0 saturated carbocycles. The van der Waals surface area contributed by atoms with Crippen molar-refractivity contribution >= 4 is 28.8 Å². The third kappa shape index (κ3) is 4.09. The number of halogens is 1. The lowest BCUT2D eigenvalue weighted by atomic mass is 10.2. The fourth-order valence-electron chi connectivity index (χ4n) is 0.925. The maximum atomic E-state index is 11.1. The van der Waals surface area contributed by atoms with E-state index in [0.717, 1.165) is 9.90 Å². The van der Waals surface area contributed by atoms with Crippen LogP contribution in [0.15, 0.2) is 11.4 Å². The van der Waals surface area contributed by atoms with Gasteiger partial charge in [0.15, 0.2) is 0 Å². The van der Waals surface area contributed by atoms with Crippen LogP contribution >= 0.6 is 22.9 Å². The Hall–Kier alpha value is -0.580. The largest absolute Gasteiger partial charge is 0.274 e. The summed E-state index contributed by atoms with van der Waals surface area (Å²) in [4.78, 5) is 17.0. The molecule has 78 valence electrons. The van der Waals surface area contributed by atoms with Gasteiger partial charge in [-0.25, -0.2) is 5.48 Å². The normalized spacial score (nSPS) is 10.1. The van der Waals surface area contributed by atoms with Crippen molar-refractivity contribution in [2.45, 2.75) is 19.8 Å². The predicted octanol–water partition coefficient (Wildman–Crippen LogP) is 2.40. The molecular formula is C9H12ClNO2S. The number of amides is 1. The predicted molar refractivity (Wildman–Crippen MR) is 57.4 cm³/mol. The molecule has 0 bridgehead atoms.